The SMILES string of the molecule is Cc1ccn2cc(C(=O)N3C[C@@H](CO)[C@H](c4cnn(C)c4)C3)nc2c1. The van der Waals surface area contributed by atoms with Crippen LogP contribution in [0.3, 0.4) is 0 Å². The zero-order valence-electron chi connectivity index (χ0n) is 14.3. The molecular weight excluding hydrogens is 318 g/mol. The minimum Gasteiger partial charge on any atom is -0.396 e. The van der Waals surface area contributed by atoms with Gasteiger partial charge in [-0.05, 0) is 30.2 Å². The Morgan fingerprint density at radius 2 is 2.20 bits per heavy atom. The van der Waals surface area contributed by atoms with E-state index in [9.17, 15) is 9.90 Å². The molecule has 0 saturated carbocycles. The first-order valence-electron chi connectivity index (χ1n) is 8.39. The van der Waals surface area contributed by atoms with Crippen molar-refractivity contribution in [3.63, 3.8) is 0 Å². The fraction of sp³-hybridized carbons (Fsp3) is 0.389. The molecule has 0 aromatic carbocycles. The highest BCUT2D eigenvalue weighted by molar-refractivity contribution is 5.93. The zero-order chi connectivity index (χ0) is 17.6. The van der Waals surface area contributed by atoms with Crippen LogP contribution < -0.4 is 0 Å². The van der Waals surface area contributed by atoms with Crippen molar-refractivity contribution >= 4 is 11.6 Å². The molecule has 0 aliphatic carbocycles. The van der Waals surface area contributed by atoms with E-state index in [1.165, 1.54) is 0 Å². The van der Waals surface area contributed by atoms with Crippen LogP contribution in [-0.2, 0) is 7.05 Å². The second-order valence-electron chi connectivity index (χ2n) is 6.80. The molecule has 4 heterocycles. The highest BCUT2D eigenvalue weighted by Gasteiger charge is 2.37. The number of hydrogen-bond donors (Lipinski definition) is 1. The summed E-state index contributed by atoms with van der Waals surface area (Å²) in [7, 11) is 1.87. The Balaban J connectivity index is 1.59. The molecule has 0 unspecified atom stereocenters. The molecule has 7 heteroatoms. The van der Waals surface area contributed by atoms with E-state index in [-0.39, 0.29) is 24.3 Å². The highest BCUT2D eigenvalue weighted by Crippen LogP contribution is 2.32. The van der Waals surface area contributed by atoms with E-state index in [1.807, 2.05) is 49.1 Å². The number of likely N-dealkylation sites (tertiary alicyclic amines) is 1. The fourth-order valence-electron chi connectivity index (χ4n) is 3.58. The van der Waals surface area contributed by atoms with Gasteiger partial charge in [0, 0.05) is 57.2 Å². The number of hydrogen-bond acceptors (Lipinski definition) is 4. The maximum Gasteiger partial charge on any atom is 0.274 e. The maximum atomic E-state index is 12.9. The smallest absolute Gasteiger partial charge is 0.274 e. The molecule has 0 radical (unpaired) electrons. The number of carbonyl (C=O) groups is 1. The second kappa shape index (κ2) is 6.00. The predicted molar refractivity (Wildman–Crippen MR) is 92.4 cm³/mol. The number of imidazole rings is 1. The number of aliphatic hydroxyl groups excluding tert-OH is 1. The number of aliphatic hydroxyl groups is 1. The Bertz CT molecular complexity index is 929. The summed E-state index contributed by atoms with van der Waals surface area (Å²) >= 11 is 0. The molecule has 3 aromatic heterocycles. The normalized spacial score (nSPS) is 20.5. The van der Waals surface area contributed by atoms with Gasteiger partial charge < -0.3 is 14.4 Å². The van der Waals surface area contributed by atoms with Crippen molar-refractivity contribution in [1.82, 2.24) is 24.1 Å². The lowest BCUT2D eigenvalue weighted by Crippen LogP contribution is -2.29. The van der Waals surface area contributed by atoms with E-state index in [0.717, 1.165) is 16.8 Å². The third-order valence-electron chi connectivity index (χ3n) is 4.95. The molecule has 3 aromatic rings. The molecule has 1 saturated heterocycles. The minimum atomic E-state index is -0.0915. The molecule has 1 fully saturated rings. The quantitative estimate of drug-likeness (QED) is 0.779. The van der Waals surface area contributed by atoms with Gasteiger partial charge in [0.25, 0.3) is 5.91 Å². The van der Waals surface area contributed by atoms with Gasteiger partial charge in [-0.3, -0.25) is 9.48 Å². The van der Waals surface area contributed by atoms with Crippen LogP contribution in [0.4, 0.5) is 0 Å². The molecule has 130 valence electrons. The lowest BCUT2D eigenvalue weighted by Gasteiger charge is -2.14. The molecule has 4 rings (SSSR count). The number of amides is 1. The number of fused-ring (bicyclic) bond motifs is 1. The molecular formula is C18H21N5O2. The van der Waals surface area contributed by atoms with Crippen LogP contribution in [0.15, 0.2) is 36.9 Å². The standard InChI is InChI=1S/C18H21N5O2/c1-12-3-4-22-10-16(20-17(22)5-12)18(25)23-8-14(11-24)15(9-23)13-6-19-21(2)7-13/h3-7,10,14-15,24H,8-9,11H2,1-2H3/t14-,15-/m0/s1. The van der Waals surface area contributed by atoms with E-state index in [0.29, 0.717) is 18.8 Å². The average Bonchev–Trinajstić information content (AvgIpc) is 3.30. The van der Waals surface area contributed by atoms with Crippen molar-refractivity contribution in [2.45, 2.75) is 12.8 Å². The van der Waals surface area contributed by atoms with E-state index < -0.39 is 0 Å². The summed E-state index contributed by atoms with van der Waals surface area (Å²) in [4.78, 5) is 19.1. The van der Waals surface area contributed by atoms with Crippen LogP contribution in [0.2, 0.25) is 0 Å². The maximum absolute atomic E-state index is 12.9. The van der Waals surface area contributed by atoms with Crippen LogP contribution in [0.1, 0.15) is 27.5 Å². The van der Waals surface area contributed by atoms with E-state index in [1.54, 1.807) is 15.8 Å². The van der Waals surface area contributed by atoms with Gasteiger partial charge >= 0.3 is 0 Å². The molecule has 2 atom stereocenters. The van der Waals surface area contributed by atoms with Gasteiger partial charge in [-0.25, -0.2) is 4.98 Å². The van der Waals surface area contributed by atoms with Crippen LogP contribution in [0.25, 0.3) is 5.65 Å². The number of aromatic nitrogens is 4. The van der Waals surface area contributed by atoms with Crippen molar-refractivity contribution in [3.8, 4) is 0 Å². The summed E-state index contributed by atoms with van der Waals surface area (Å²) < 4.78 is 3.61. The van der Waals surface area contributed by atoms with Gasteiger partial charge in [0.1, 0.15) is 11.3 Å². The molecule has 25 heavy (non-hydrogen) atoms. The Morgan fingerprint density at radius 1 is 1.36 bits per heavy atom. The predicted octanol–water partition coefficient (Wildman–Crippen LogP) is 1.22. The third-order valence-corrected chi connectivity index (χ3v) is 4.95. The first kappa shape index (κ1) is 15.8. The van der Waals surface area contributed by atoms with Crippen LogP contribution in [0.5, 0.6) is 0 Å². The van der Waals surface area contributed by atoms with Crippen LogP contribution in [0, 0.1) is 12.8 Å². The van der Waals surface area contributed by atoms with Gasteiger partial charge in [-0.2, -0.15) is 5.10 Å². The molecule has 1 N–H and O–H groups in total. The first-order chi connectivity index (χ1) is 12.0. The van der Waals surface area contributed by atoms with Crippen LogP contribution >= 0.6 is 0 Å². The van der Waals surface area contributed by atoms with Gasteiger partial charge in [0.2, 0.25) is 0 Å². The van der Waals surface area contributed by atoms with Gasteiger partial charge in [0.15, 0.2) is 0 Å². The van der Waals surface area contributed by atoms with E-state index >= 15 is 0 Å². The summed E-state index contributed by atoms with van der Waals surface area (Å²) in [5.41, 5.74) is 3.37. The average molecular weight is 339 g/mol. The monoisotopic (exact) mass is 339 g/mol. The molecule has 0 spiro atoms. The van der Waals surface area contributed by atoms with Gasteiger partial charge in [-0.15, -0.1) is 0 Å². The number of rotatable bonds is 3. The number of pyridine rings is 1. The fourth-order valence-corrected chi connectivity index (χ4v) is 3.58. The minimum absolute atomic E-state index is 0.0208. The molecule has 1 aliphatic heterocycles. The lowest BCUT2D eigenvalue weighted by atomic mass is 9.92. The van der Waals surface area contributed by atoms with E-state index in [4.69, 9.17) is 0 Å². The number of aryl methyl sites for hydroxylation is 2. The Kier molecular flexibility index (Phi) is 3.80. The Hall–Kier alpha value is -2.67. The van der Waals surface area contributed by atoms with Gasteiger partial charge in [-0.1, -0.05) is 0 Å². The Labute approximate surface area is 145 Å². The van der Waals surface area contributed by atoms with Crippen molar-refractivity contribution in [2.24, 2.45) is 13.0 Å². The third kappa shape index (κ3) is 2.80. The van der Waals surface area contributed by atoms with Crippen LogP contribution in [-0.4, -0.2) is 54.8 Å². The summed E-state index contributed by atoms with van der Waals surface area (Å²) in [6.07, 6.45) is 7.44. The molecule has 0 bridgehead atoms. The molecule has 1 aliphatic rings. The van der Waals surface area contributed by atoms with Gasteiger partial charge in [0.05, 0.1) is 6.20 Å². The van der Waals surface area contributed by atoms with Crippen molar-refractivity contribution in [2.75, 3.05) is 19.7 Å². The molecule has 1 amide bonds. The topological polar surface area (TPSA) is 75.7 Å². The molecule has 7 nitrogen and oxygen atoms in total. The summed E-state index contributed by atoms with van der Waals surface area (Å²) in [5, 5.41) is 13.9. The summed E-state index contributed by atoms with van der Waals surface area (Å²) in [5.74, 6) is 0.0283. The largest absolute Gasteiger partial charge is 0.396 e. The summed E-state index contributed by atoms with van der Waals surface area (Å²) in [6.45, 7) is 3.15. The Morgan fingerprint density at radius 3 is 2.92 bits per heavy atom. The second-order valence-corrected chi connectivity index (χ2v) is 6.80. The number of nitrogens with zero attached hydrogens (tertiary/aromatic N) is 5. The lowest BCUT2D eigenvalue weighted by molar-refractivity contribution is 0.0776. The van der Waals surface area contributed by atoms with Crippen molar-refractivity contribution < 1.29 is 9.90 Å². The van der Waals surface area contributed by atoms with Crippen molar-refractivity contribution in [3.05, 3.63) is 53.7 Å². The highest BCUT2D eigenvalue weighted by atomic mass is 16.3. The zero-order valence-corrected chi connectivity index (χ0v) is 14.3. The van der Waals surface area contributed by atoms with E-state index in [2.05, 4.69) is 10.1 Å². The van der Waals surface area contributed by atoms with Crippen molar-refractivity contribution in [1.29, 1.82) is 0 Å². The summed E-state index contributed by atoms with van der Waals surface area (Å²) in [6, 6.07) is 3.94. The number of carbonyl (C=O) groups excluding carboxylic acids is 1. The first-order valence-corrected chi connectivity index (χ1v) is 8.39.